The molecule has 0 amide bonds. The number of carbonyl (C=O) groups is 2. The lowest BCUT2D eigenvalue weighted by atomic mass is 9.73. The Morgan fingerprint density at radius 2 is 1.92 bits per heavy atom. The fourth-order valence-electron chi connectivity index (χ4n) is 5.20. The topological polar surface area (TPSA) is 52.6 Å². The van der Waals surface area contributed by atoms with Gasteiger partial charge in [-0.05, 0) is 51.5 Å². The van der Waals surface area contributed by atoms with Crippen LogP contribution in [0.4, 0.5) is 0 Å². The van der Waals surface area contributed by atoms with Gasteiger partial charge in [-0.1, -0.05) is 36.8 Å². The third-order valence-electron chi connectivity index (χ3n) is 6.05. The monoisotopic (exact) mass is 342 g/mol. The zero-order valence-corrected chi connectivity index (χ0v) is 15.2. The van der Waals surface area contributed by atoms with E-state index in [2.05, 4.69) is 0 Å². The van der Waals surface area contributed by atoms with Crippen molar-refractivity contribution in [2.75, 3.05) is 0 Å². The summed E-state index contributed by atoms with van der Waals surface area (Å²) in [6.45, 7) is 5.49. The summed E-state index contributed by atoms with van der Waals surface area (Å²) in [6.07, 6.45) is 4.15. The first kappa shape index (κ1) is 16.8. The predicted octanol–water partition coefficient (Wildman–Crippen LogP) is 3.78. The maximum absolute atomic E-state index is 13.2. The van der Waals surface area contributed by atoms with Crippen LogP contribution in [-0.4, -0.2) is 28.6 Å². The molecule has 1 saturated carbocycles. The molecule has 2 aliphatic heterocycles. The second-order valence-electron chi connectivity index (χ2n) is 8.71. The smallest absolute Gasteiger partial charge is 0.347 e. The summed E-state index contributed by atoms with van der Waals surface area (Å²) in [4.78, 5) is 26.3. The van der Waals surface area contributed by atoms with Gasteiger partial charge in [0.25, 0.3) is 0 Å². The molecule has 4 atom stereocenters. The van der Waals surface area contributed by atoms with E-state index in [9.17, 15) is 9.59 Å². The third kappa shape index (κ3) is 2.37. The molecule has 3 fully saturated rings. The highest BCUT2D eigenvalue weighted by Gasteiger charge is 2.73. The van der Waals surface area contributed by atoms with Gasteiger partial charge in [0, 0.05) is 12.3 Å². The maximum atomic E-state index is 13.2. The minimum atomic E-state index is -1.47. The highest BCUT2D eigenvalue weighted by atomic mass is 16.6. The molecule has 4 rings (SSSR count). The van der Waals surface area contributed by atoms with Gasteiger partial charge in [-0.3, -0.25) is 4.79 Å². The first-order valence-corrected chi connectivity index (χ1v) is 9.30. The van der Waals surface area contributed by atoms with Crippen LogP contribution in [0.2, 0.25) is 0 Å². The number of Topliss-reactive ketones (excluding diaryl/α,β-unsaturated/α-hetero) is 1. The van der Waals surface area contributed by atoms with E-state index in [1.165, 1.54) is 0 Å². The standard InChI is InChI=1S/C21H26O4/c1-19(2,3)24-18(23)21-16(22)11-13-20(25-21)12-7-10-15(20)17(21)14-8-5-4-6-9-14/h4-6,8-9,15,17H,7,10-13H2,1-3H3/t15-,17-,20+,21-/m0/s1. The van der Waals surface area contributed by atoms with Gasteiger partial charge in [0.15, 0.2) is 5.78 Å². The molecule has 1 aromatic carbocycles. The molecule has 0 radical (unpaired) electrons. The van der Waals surface area contributed by atoms with Crippen LogP contribution in [-0.2, 0) is 19.1 Å². The number of carbonyl (C=O) groups excluding carboxylic acids is 2. The number of fused-ring (bicyclic) bond motifs is 1. The second-order valence-corrected chi connectivity index (χ2v) is 8.71. The molecule has 3 aliphatic rings. The van der Waals surface area contributed by atoms with E-state index in [4.69, 9.17) is 9.47 Å². The molecular weight excluding hydrogens is 316 g/mol. The molecule has 1 spiro atoms. The molecular formula is C21H26O4. The lowest BCUT2D eigenvalue weighted by molar-refractivity contribution is -0.201. The number of ketones is 1. The first-order chi connectivity index (χ1) is 11.8. The highest BCUT2D eigenvalue weighted by molar-refractivity contribution is 6.10. The van der Waals surface area contributed by atoms with E-state index in [0.717, 1.165) is 31.2 Å². The van der Waals surface area contributed by atoms with Crippen molar-refractivity contribution in [2.24, 2.45) is 5.92 Å². The number of hydrogen-bond acceptors (Lipinski definition) is 4. The van der Waals surface area contributed by atoms with Crippen molar-refractivity contribution in [1.29, 1.82) is 0 Å². The molecule has 0 N–H and O–H groups in total. The number of benzene rings is 1. The summed E-state index contributed by atoms with van der Waals surface area (Å²) in [5.41, 5.74) is -1.46. The molecule has 0 aromatic heterocycles. The van der Waals surface area contributed by atoms with E-state index in [1.54, 1.807) is 0 Å². The van der Waals surface area contributed by atoms with Gasteiger partial charge in [-0.2, -0.15) is 0 Å². The predicted molar refractivity (Wildman–Crippen MR) is 93.2 cm³/mol. The normalized spacial score (nSPS) is 37.0. The Balaban J connectivity index is 1.86. The van der Waals surface area contributed by atoms with E-state index in [1.807, 2.05) is 51.1 Å². The van der Waals surface area contributed by atoms with Crippen molar-refractivity contribution in [1.82, 2.24) is 0 Å². The van der Waals surface area contributed by atoms with Gasteiger partial charge < -0.3 is 9.47 Å². The summed E-state index contributed by atoms with van der Waals surface area (Å²) < 4.78 is 12.2. The van der Waals surface area contributed by atoms with E-state index >= 15 is 0 Å². The van der Waals surface area contributed by atoms with Crippen LogP contribution in [0, 0.1) is 5.92 Å². The van der Waals surface area contributed by atoms with Crippen molar-refractivity contribution >= 4 is 11.8 Å². The van der Waals surface area contributed by atoms with Gasteiger partial charge in [0.05, 0.1) is 5.60 Å². The molecule has 4 nitrogen and oxygen atoms in total. The molecule has 2 saturated heterocycles. The molecule has 0 unspecified atom stereocenters. The molecule has 2 heterocycles. The van der Waals surface area contributed by atoms with Crippen LogP contribution >= 0.6 is 0 Å². The lowest BCUT2D eigenvalue weighted by Gasteiger charge is -2.39. The van der Waals surface area contributed by atoms with Gasteiger partial charge in [0.1, 0.15) is 5.60 Å². The van der Waals surface area contributed by atoms with Crippen molar-refractivity contribution < 1.29 is 19.1 Å². The SMILES string of the molecule is CC(C)(C)OC(=O)[C@@]12O[C@]3(CCC[C@H]3[C@@H]1c1ccccc1)CCC2=O. The lowest BCUT2D eigenvalue weighted by Crippen LogP contribution is -2.56. The van der Waals surface area contributed by atoms with Crippen LogP contribution in [0.5, 0.6) is 0 Å². The Kier molecular flexibility index (Phi) is 3.63. The van der Waals surface area contributed by atoms with Gasteiger partial charge in [-0.25, -0.2) is 4.79 Å². The Morgan fingerprint density at radius 1 is 1.20 bits per heavy atom. The van der Waals surface area contributed by atoms with Crippen molar-refractivity contribution in [2.45, 2.75) is 75.6 Å². The van der Waals surface area contributed by atoms with Gasteiger partial charge >= 0.3 is 5.97 Å². The zero-order chi connectivity index (χ0) is 17.9. The molecule has 2 bridgehead atoms. The molecule has 4 heteroatoms. The second kappa shape index (κ2) is 5.41. The number of hydrogen-bond donors (Lipinski definition) is 0. The largest absolute Gasteiger partial charge is 0.457 e. The molecule has 1 aliphatic carbocycles. The maximum Gasteiger partial charge on any atom is 0.347 e. The molecule has 1 aromatic rings. The average Bonchev–Trinajstić information content (AvgIpc) is 3.03. The fourth-order valence-corrected chi connectivity index (χ4v) is 5.20. The van der Waals surface area contributed by atoms with Crippen LogP contribution in [0.25, 0.3) is 0 Å². The van der Waals surface area contributed by atoms with E-state index in [-0.39, 0.29) is 23.2 Å². The number of esters is 1. The van der Waals surface area contributed by atoms with Crippen molar-refractivity contribution in [3.63, 3.8) is 0 Å². The molecule has 25 heavy (non-hydrogen) atoms. The van der Waals surface area contributed by atoms with Crippen LogP contribution in [0.15, 0.2) is 30.3 Å². The van der Waals surface area contributed by atoms with Crippen LogP contribution in [0.1, 0.15) is 64.4 Å². The number of rotatable bonds is 2. The minimum absolute atomic E-state index is 0.115. The average molecular weight is 342 g/mol. The Bertz CT molecular complexity index is 704. The van der Waals surface area contributed by atoms with Gasteiger partial charge in [-0.15, -0.1) is 0 Å². The fraction of sp³-hybridized carbons (Fsp3) is 0.619. The van der Waals surface area contributed by atoms with E-state index in [0.29, 0.717) is 6.42 Å². The Labute approximate surface area is 148 Å². The Morgan fingerprint density at radius 3 is 2.60 bits per heavy atom. The van der Waals surface area contributed by atoms with E-state index < -0.39 is 17.2 Å². The summed E-state index contributed by atoms with van der Waals surface area (Å²) in [7, 11) is 0. The van der Waals surface area contributed by atoms with Gasteiger partial charge in [0.2, 0.25) is 5.60 Å². The van der Waals surface area contributed by atoms with Crippen LogP contribution in [0.3, 0.4) is 0 Å². The summed E-state index contributed by atoms with van der Waals surface area (Å²) in [6, 6.07) is 9.91. The zero-order valence-electron chi connectivity index (χ0n) is 15.2. The first-order valence-electron chi connectivity index (χ1n) is 9.30. The van der Waals surface area contributed by atoms with Crippen molar-refractivity contribution in [3.05, 3.63) is 35.9 Å². The molecule has 134 valence electrons. The highest BCUT2D eigenvalue weighted by Crippen LogP contribution is 2.64. The number of ether oxygens (including phenoxy) is 2. The van der Waals surface area contributed by atoms with Crippen molar-refractivity contribution in [3.8, 4) is 0 Å². The third-order valence-corrected chi connectivity index (χ3v) is 6.05. The summed E-state index contributed by atoms with van der Waals surface area (Å²) in [5.74, 6) is -0.669. The minimum Gasteiger partial charge on any atom is -0.457 e. The summed E-state index contributed by atoms with van der Waals surface area (Å²) >= 11 is 0. The summed E-state index contributed by atoms with van der Waals surface area (Å²) in [5, 5.41) is 0. The quantitative estimate of drug-likeness (QED) is 0.606. The van der Waals surface area contributed by atoms with Crippen LogP contribution < -0.4 is 0 Å². The Hall–Kier alpha value is -1.68.